The van der Waals surface area contributed by atoms with Gasteiger partial charge in [-0.2, -0.15) is 0 Å². The SMILES string of the molecule is CC(C)=CC(O)c1cc(Cl)ccc1F. The van der Waals surface area contributed by atoms with E-state index in [4.69, 9.17) is 11.6 Å². The van der Waals surface area contributed by atoms with Gasteiger partial charge < -0.3 is 5.11 Å². The monoisotopic (exact) mass is 214 g/mol. The van der Waals surface area contributed by atoms with Crippen molar-refractivity contribution in [2.75, 3.05) is 0 Å². The average Bonchev–Trinajstić information content (AvgIpc) is 2.08. The van der Waals surface area contributed by atoms with Gasteiger partial charge in [-0.15, -0.1) is 0 Å². The lowest BCUT2D eigenvalue weighted by Crippen LogP contribution is -1.97. The molecule has 0 aliphatic carbocycles. The third-order valence-corrected chi connectivity index (χ3v) is 2.00. The highest BCUT2D eigenvalue weighted by Crippen LogP contribution is 2.22. The van der Waals surface area contributed by atoms with Crippen molar-refractivity contribution in [2.45, 2.75) is 20.0 Å². The second-order valence-corrected chi connectivity index (χ2v) is 3.79. The zero-order valence-electron chi connectivity index (χ0n) is 8.09. The summed E-state index contributed by atoms with van der Waals surface area (Å²) in [5, 5.41) is 10.0. The van der Waals surface area contributed by atoms with E-state index in [0.29, 0.717) is 5.02 Å². The first-order chi connectivity index (χ1) is 6.50. The van der Waals surface area contributed by atoms with Crippen LogP contribution in [0, 0.1) is 5.82 Å². The van der Waals surface area contributed by atoms with Gasteiger partial charge in [-0.25, -0.2) is 4.39 Å². The Morgan fingerprint density at radius 2 is 2.14 bits per heavy atom. The van der Waals surface area contributed by atoms with Gasteiger partial charge in [0, 0.05) is 10.6 Å². The first-order valence-corrected chi connectivity index (χ1v) is 4.66. The first-order valence-electron chi connectivity index (χ1n) is 4.28. The number of hydrogen-bond donors (Lipinski definition) is 1. The van der Waals surface area contributed by atoms with Gasteiger partial charge in [-0.05, 0) is 32.0 Å². The molecule has 1 nitrogen and oxygen atoms in total. The molecule has 1 N–H and O–H groups in total. The fourth-order valence-electron chi connectivity index (χ4n) is 1.15. The Morgan fingerprint density at radius 1 is 1.50 bits per heavy atom. The van der Waals surface area contributed by atoms with E-state index in [9.17, 15) is 9.50 Å². The molecule has 3 heteroatoms. The largest absolute Gasteiger partial charge is 0.384 e. The number of hydrogen-bond acceptors (Lipinski definition) is 1. The molecule has 0 aliphatic rings. The predicted molar refractivity (Wildman–Crippen MR) is 55.8 cm³/mol. The van der Waals surface area contributed by atoms with Gasteiger partial charge in [-0.3, -0.25) is 0 Å². The van der Waals surface area contributed by atoms with Crippen LogP contribution in [0.2, 0.25) is 5.02 Å². The number of benzene rings is 1. The van der Waals surface area contributed by atoms with Crippen LogP contribution >= 0.6 is 11.6 Å². The molecule has 0 spiro atoms. The van der Waals surface area contributed by atoms with Crippen LogP contribution in [0.3, 0.4) is 0 Å². The Hall–Kier alpha value is -0.860. The third kappa shape index (κ3) is 2.82. The van der Waals surface area contributed by atoms with Crippen LogP contribution < -0.4 is 0 Å². The van der Waals surface area contributed by atoms with E-state index in [1.165, 1.54) is 18.2 Å². The summed E-state index contributed by atoms with van der Waals surface area (Å²) in [5.74, 6) is -0.445. The molecule has 1 aromatic rings. The number of rotatable bonds is 2. The fourth-order valence-corrected chi connectivity index (χ4v) is 1.33. The normalized spacial score (nSPS) is 12.4. The Labute approximate surface area is 87.8 Å². The van der Waals surface area contributed by atoms with Gasteiger partial charge in [0.25, 0.3) is 0 Å². The molecule has 0 aromatic heterocycles. The quantitative estimate of drug-likeness (QED) is 0.748. The van der Waals surface area contributed by atoms with Crippen LogP contribution in [0.1, 0.15) is 25.5 Å². The van der Waals surface area contributed by atoms with Crippen LogP contribution in [0.5, 0.6) is 0 Å². The number of allylic oxidation sites excluding steroid dienone is 1. The lowest BCUT2D eigenvalue weighted by molar-refractivity contribution is 0.222. The van der Waals surface area contributed by atoms with Gasteiger partial charge in [0.05, 0.1) is 0 Å². The maximum absolute atomic E-state index is 13.2. The number of aliphatic hydroxyl groups is 1. The van der Waals surface area contributed by atoms with Crippen molar-refractivity contribution < 1.29 is 9.50 Å². The zero-order chi connectivity index (χ0) is 10.7. The summed E-state index contributed by atoms with van der Waals surface area (Å²) in [6.07, 6.45) is 0.646. The van der Waals surface area contributed by atoms with Gasteiger partial charge in [0.15, 0.2) is 0 Å². The molecule has 0 radical (unpaired) electrons. The zero-order valence-corrected chi connectivity index (χ0v) is 8.85. The molecule has 0 fully saturated rings. The Balaban J connectivity index is 3.05. The Kier molecular flexibility index (Phi) is 3.67. The Bertz CT molecular complexity index is 356. The summed E-state index contributed by atoms with van der Waals surface area (Å²) in [7, 11) is 0. The second kappa shape index (κ2) is 4.58. The fraction of sp³-hybridized carbons (Fsp3) is 0.273. The van der Waals surface area contributed by atoms with Crippen molar-refractivity contribution in [3.63, 3.8) is 0 Å². The standard InChI is InChI=1S/C11H12ClFO/c1-7(2)5-11(14)9-6-8(12)3-4-10(9)13/h3-6,11,14H,1-2H3. The molecule has 0 heterocycles. The summed E-state index contributed by atoms with van der Waals surface area (Å²) in [6, 6.07) is 4.14. The van der Waals surface area contributed by atoms with E-state index in [1.54, 1.807) is 6.08 Å². The maximum atomic E-state index is 13.2. The highest BCUT2D eigenvalue weighted by atomic mass is 35.5. The second-order valence-electron chi connectivity index (χ2n) is 3.35. The van der Waals surface area contributed by atoms with Crippen molar-refractivity contribution >= 4 is 11.6 Å². The molecule has 1 unspecified atom stereocenters. The third-order valence-electron chi connectivity index (χ3n) is 1.77. The molecule has 1 aromatic carbocycles. The van der Waals surface area contributed by atoms with Crippen LogP contribution in [0.25, 0.3) is 0 Å². The van der Waals surface area contributed by atoms with Crippen LogP contribution in [-0.4, -0.2) is 5.11 Å². The minimum absolute atomic E-state index is 0.207. The van der Waals surface area contributed by atoms with Crippen molar-refractivity contribution in [2.24, 2.45) is 0 Å². The van der Waals surface area contributed by atoms with E-state index in [1.807, 2.05) is 13.8 Å². The van der Waals surface area contributed by atoms with E-state index in [0.717, 1.165) is 5.57 Å². The van der Waals surface area contributed by atoms with Gasteiger partial charge >= 0.3 is 0 Å². The highest BCUT2D eigenvalue weighted by molar-refractivity contribution is 6.30. The van der Waals surface area contributed by atoms with E-state index in [-0.39, 0.29) is 5.56 Å². The molecule has 76 valence electrons. The highest BCUT2D eigenvalue weighted by Gasteiger charge is 2.10. The van der Waals surface area contributed by atoms with Crippen molar-refractivity contribution in [1.29, 1.82) is 0 Å². The van der Waals surface area contributed by atoms with Crippen LogP contribution in [0.4, 0.5) is 4.39 Å². The van der Waals surface area contributed by atoms with E-state index < -0.39 is 11.9 Å². The minimum Gasteiger partial charge on any atom is -0.384 e. The molecule has 14 heavy (non-hydrogen) atoms. The molecular weight excluding hydrogens is 203 g/mol. The lowest BCUT2D eigenvalue weighted by atomic mass is 10.1. The minimum atomic E-state index is -0.932. The molecule has 1 rings (SSSR count). The summed E-state index contributed by atoms with van der Waals surface area (Å²) in [4.78, 5) is 0. The topological polar surface area (TPSA) is 20.2 Å². The molecule has 0 saturated heterocycles. The molecular formula is C11H12ClFO. The van der Waals surface area contributed by atoms with E-state index >= 15 is 0 Å². The smallest absolute Gasteiger partial charge is 0.129 e. The number of halogens is 2. The summed E-state index contributed by atoms with van der Waals surface area (Å²) in [6.45, 7) is 3.68. The van der Waals surface area contributed by atoms with Crippen molar-refractivity contribution in [3.05, 3.63) is 46.3 Å². The van der Waals surface area contributed by atoms with Crippen molar-refractivity contribution in [1.82, 2.24) is 0 Å². The first kappa shape index (κ1) is 11.2. The maximum Gasteiger partial charge on any atom is 0.129 e. The van der Waals surface area contributed by atoms with E-state index in [2.05, 4.69) is 0 Å². The average molecular weight is 215 g/mol. The van der Waals surface area contributed by atoms with Gasteiger partial charge in [0.2, 0.25) is 0 Å². The Morgan fingerprint density at radius 3 is 2.71 bits per heavy atom. The molecule has 0 aliphatic heterocycles. The van der Waals surface area contributed by atoms with Crippen molar-refractivity contribution in [3.8, 4) is 0 Å². The molecule has 1 atom stereocenters. The predicted octanol–water partition coefficient (Wildman–Crippen LogP) is 3.48. The van der Waals surface area contributed by atoms with Gasteiger partial charge in [-0.1, -0.05) is 23.3 Å². The van der Waals surface area contributed by atoms with Crippen LogP contribution in [-0.2, 0) is 0 Å². The summed E-state index contributed by atoms with van der Waals surface area (Å²) in [5.41, 5.74) is 1.13. The van der Waals surface area contributed by atoms with Gasteiger partial charge in [0.1, 0.15) is 11.9 Å². The molecule has 0 bridgehead atoms. The van der Waals surface area contributed by atoms with Crippen LogP contribution in [0.15, 0.2) is 29.8 Å². The summed E-state index contributed by atoms with van der Waals surface area (Å²) >= 11 is 5.70. The number of aliphatic hydroxyl groups excluding tert-OH is 1. The summed E-state index contributed by atoms with van der Waals surface area (Å²) < 4.78 is 13.2. The molecule has 0 saturated carbocycles. The lowest BCUT2D eigenvalue weighted by Gasteiger charge is -2.08. The molecule has 0 amide bonds.